The van der Waals surface area contributed by atoms with Crippen LogP contribution in [0.2, 0.25) is 0 Å². The van der Waals surface area contributed by atoms with Crippen LogP contribution in [0.4, 0.5) is 0 Å². The fourth-order valence-electron chi connectivity index (χ4n) is 1.98. The molecule has 0 amide bonds. The summed E-state index contributed by atoms with van der Waals surface area (Å²) >= 11 is 1.27. The first-order valence-electron chi connectivity index (χ1n) is 6.05. The summed E-state index contributed by atoms with van der Waals surface area (Å²) in [5.41, 5.74) is 7.90. The van der Waals surface area contributed by atoms with Crippen LogP contribution in [0, 0.1) is 0 Å². The molecule has 2 rings (SSSR count). The number of rotatable bonds is 4. The van der Waals surface area contributed by atoms with E-state index >= 15 is 0 Å². The summed E-state index contributed by atoms with van der Waals surface area (Å²) in [6, 6.07) is 8.35. The number of hydrogen-bond donors (Lipinski definition) is 3. The minimum Gasteiger partial charge on any atom is -0.394 e. The molecule has 1 aliphatic heterocycles. The van der Waals surface area contributed by atoms with E-state index in [1.165, 1.54) is 11.8 Å². The lowest BCUT2D eigenvalue weighted by molar-refractivity contribution is -0.165. The normalized spacial score (nSPS) is 33.5. The molecule has 3 N–H and O–H groups in total. The van der Waals surface area contributed by atoms with Crippen molar-refractivity contribution in [2.45, 2.75) is 34.7 Å². The van der Waals surface area contributed by atoms with Gasteiger partial charge in [0.25, 0.3) is 0 Å². The second-order valence-electron chi connectivity index (χ2n) is 4.33. The summed E-state index contributed by atoms with van der Waals surface area (Å²) in [6.07, 6.45) is -3.47. The number of thioether (sulfide) groups is 1. The van der Waals surface area contributed by atoms with Gasteiger partial charge in [-0.2, -0.15) is 0 Å². The SMILES string of the molecule is [N-]=[N+]=N[C@@H]1[C@@H](O)[C@@H](O)[C@@H](CO)O[C@H]1Sc1ccccc1. The lowest BCUT2D eigenvalue weighted by atomic mass is 9.99. The van der Waals surface area contributed by atoms with Crippen LogP contribution in [-0.4, -0.2) is 51.7 Å². The Morgan fingerprint density at radius 3 is 2.55 bits per heavy atom. The van der Waals surface area contributed by atoms with Gasteiger partial charge < -0.3 is 20.1 Å². The monoisotopic (exact) mass is 297 g/mol. The van der Waals surface area contributed by atoms with Gasteiger partial charge in [-0.25, -0.2) is 0 Å². The molecule has 0 unspecified atom stereocenters. The molecule has 1 aliphatic rings. The van der Waals surface area contributed by atoms with Crippen LogP contribution >= 0.6 is 11.8 Å². The van der Waals surface area contributed by atoms with E-state index in [4.69, 9.17) is 10.3 Å². The number of benzene rings is 1. The molecule has 1 saturated heterocycles. The summed E-state index contributed by atoms with van der Waals surface area (Å²) < 4.78 is 5.53. The van der Waals surface area contributed by atoms with Crippen molar-refractivity contribution in [3.05, 3.63) is 40.8 Å². The van der Waals surface area contributed by atoms with E-state index in [1.807, 2.05) is 30.3 Å². The molecule has 0 spiro atoms. The summed E-state index contributed by atoms with van der Waals surface area (Å²) in [6.45, 7) is -0.424. The highest BCUT2D eigenvalue weighted by atomic mass is 32.2. The Morgan fingerprint density at radius 1 is 1.25 bits per heavy atom. The fourth-order valence-corrected chi connectivity index (χ4v) is 3.12. The molecule has 5 atom stereocenters. The number of azide groups is 1. The smallest absolute Gasteiger partial charge is 0.119 e. The molecule has 20 heavy (non-hydrogen) atoms. The number of aliphatic hydroxyl groups is 3. The Morgan fingerprint density at radius 2 is 1.95 bits per heavy atom. The van der Waals surface area contributed by atoms with Crippen LogP contribution in [-0.2, 0) is 4.74 Å². The first kappa shape index (κ1) is 15.1. The Labute approximate surface area is 119 Å². The molecule has 1 aromatic rings. The van der Waals surface area contributed by atoms with Crippen molar-refractivity contribution >= 4 is 11.8 Å². The standard InChI is InChI=1S/C12H15N3O4S/c13-15-14-9-11(18)10(17)8(6-16)19-12(9)20-7-4-2-1-3-5-7/h1-5,8-12,16-18H,6H2/t8-,9-,10+,11-,12+/m1/s1. The summed E-state index contributed by atoms with van der Waals surface area (Å²) in [5, 5.41) is 32.5. The van der Waals surface area contributed by atoms with Gasteiger partial charge in [-0.05, 0) is 17.7 Å². The quantitative estimate of drug-likeness (QED) is 0.433. The summed E-state index contributed by atoms with van der Waals surface area (Å²) in [4.78, 5) is 3.56. The van der Waals surface area contributed by atoms with Crippen molar-refractivity contribution in [1.82, 2.24) is 0 Å². The fraction of sp³-hybridized carbons (Fsp3) is 0.500. The van der Waals surface area contributed by atoms with Gasteiger partial charge in [-0.1, -0.05) is 35.1 Å². The van der Waals surface area contributed by atoms with Gasteiger partial charge in [0.05, 0.1) is 12.7 Å². The Balaban J connectivity index is 2.20. The maximum absolute atomic E-state index is 10.00. The van der Waals surface area contributed by atoms with Gasteiger partial charge in [0.2, 0.25) is 0 Å². The van der Waals surface area contributed by atoms with Crippen LogP contribution < -0.4 is 0 Å². The molecule has 0 saturated carbocycles. The maximum atomic E-state index is 10.00. The topological polar surface area (TPSA) is 119 Å². The minimum absolute atomic E-state index is 0.424. The molecule has 8 heteroatoms. The molecule has 108 valence electrons. The van der Waals surface area contributed by atoms with E-state index in [0.29, 0.717) is 0 Å². The average Bonchev–Trinajstić information content (AvgIpc) is 2.47. The van der Waals surface area contributed by atoms with Crippen molar-refractivity contribution < 1.29 is 20.1 Å². The van der Waals surface area contributed by atoms with Crippen LogP contribution in [0.25, 0.3) is 10.4 Å². The highest BCUT2D eigenvalue weighted by Crippen LogP contribution is 2.34. The van der Waals surface area contributed by atoms with E-state index in [9.17, 15) is 15.3 Å². The van der Waals surface area contributed by atoms with Gasteiger partial charge in [-0.3, -0.25) is 0 Å². The third kappa shape index (κ3) is 3.24. The Hall–Kier alpha value is -1.28. The molecule has 1 fully saturated rings. The first-order chi connectivity index (χ1) is 9.67. The van der Waals surface area contributed by atoms with Gasteiger partial charge in [0.1, 0.15) is 23.7 Å². The molecule has 0 aromatic heterocycles. The predicted molar refractivity (Wildman–Crippen MR) is 73.0 cm³/mol. The van der Waals surface area contributed by atoms with E-state index in [-0.39, 0.29) is 0 Å². The zero-order chi connectivity index (χ0) is 14.5. The number of aliphatic hydroxyl groups excluding tert-OH is 3. The first-order valence-corrected chi connectivity index (χ1v) is 6.93. The zero-order valence-electron chi connectivity index (χ0n) is 10.5. The lowest BCUT2D eigenvalue weighted by Gasteiger charge is -2.40. The van der Waals surface area contributed by atoms with Crippen molar-refractivity contribution in [3.8, 4) is 0 Å². The van der Waals surface area contributed by atoms with Crippen LogP contribution in [0.3, 0.4) is 0 Å². The van der Waals surface area contributed by atoms with Crippen LogP contribution in [0.15, 0.2) is 40.3 Å². The van der Waals surface area contributed by atoms with E-state index in [0.717, 1.165) is 4.90 Å². The molecule has 1 heterocycles. The van der Waals surface area contributed by atoms with Crippen LogP contribution in [0.1, 0.15) is 0 Å². The third-order valence-electron chi connectivity index (χ3n) is 3.03. The molecule has 0 radical (unpaired) electrons. The Kier molecular flexibility index (Phi) is 5.24. The summed E-state index contributed by atoms with van der Waals surface area (Å²) in [7, 11) is 0. The van der Waals surface area contributed by atoms with E-state index < -0.39 is 36.4 Å². The van der Waals surface area contributed by atoms with Crippen molar-refractivity contribution in [2.75, 3.05) is 6.61 Å². The minimum atomic E-state index is -1.29. The molecular weight excluding hydrogens is 282 g/mol. The molecular formula is C12H15N3O4S. The Bertz CT molecular complexity index is 483. The molecule has 1 aromatic carbocycles. The number of nitrogens with zero attached hydrogens (tertiary/aromatic N) is 3. The van der Waals surface area contributed by atoms with Crippen LogP contribution in [0.5, 0.6) is 0 Å². The molecule has 0 aliphatic carbocycles. The van der Waals surface area contributed by atoms with Gasteiger partial charge in [-0.15, -0.1) is 0 Å². The highest BCUT2D eigenvalue weighted by Gasteiger charge is 2.44. The number of hydrogen-bond acceptors (Lipinski definition) is 6. The van der Waals surface area contributed by atoms with E-state index in [2.05, 4.69) is 10.0 Å². The highest BCUT2D eigenvalue weighted by molar-refractivity contribution is 7.99. The van der Waals surface area contributed by atoms with Gasteiger partial charge >= 0.3 is 0 Å². The largest absolute Gasteiger partial charge is 0.394 e. The van der Waals surface area contributed by atoms with E-state index in [1.54, 1.807) is 0 Å². The second-order valence-corrected chi connectivity index (χ2v) is 5.50. The summed E-state index contributed by atoms with van der Waals surface area (Å²) in [5.74, 6) is 0. The third-order valence-corrected chi connectivity index (χ3v) is 4.20. The lowest BCUT2D eigenvalue weighted by Crippen LogP contribution is -2.56. The van der Waals surface area contributed by atoms with Crippen molar-refractivity contribution in [2.24, 2.45) is 5.11 Å². The predicted octanol–water partition coefficient (Wildman–Crippen LogP) is 0.897. The number of ether oxygens (including phenoxy) is 1. The zero-order valence-corrected chi connectivity index (χ0v) is 11.3. The van der Waals surface area contributed by atoms with Crippen molar-refractivity contribution in [3.63, 3.8) is 0 Å². The van der Waals surface area contributed by atoms with Crippen molar-refractivity contribution in [1.29, 1.82) is 0 Å². The molecule has 0 bridgehead atoms. The molecule has 7 nitrogen and oxygen atoms in total. The van der Waals surface area contributed by atoms with Gasteiger partial charge in [0.15, 0.2) is 0 Å². The van der Waals surface area contributed by atoms with Gasteiger partial charge in [0, 0.05) is 9.81 Å². The average molecular weight is 297 g/mol. The second kappa shape index (κ2) is 6.94. The maximum Gasteiger partial charge on any atom is 0.119 e.